The number of aliphatic hydroxyl groups is 1. The van der Waals surface area contributed by atoms with E-state index in [0.29, 0.717) is 11.4 Å². The Morgan fingerprint density at radius 1 is 1.35 bits per heavy atom. The Kier molecular flexibility index (Phi) is 4.17. The molecule has 0 aliphatic carbocycles. The van der Waals surface area contributed by atoms with E-state index < -0.39 is 10.0 Å². The van der Waals surface area contributed by atoms with Gasteiger partial charge in [0.25, 0.3) is 0 Å². The van der Waals surface area contributed by atoms with Crippen LogP contribution in [0.4, 0.5) is 0 Å². The van der Waals surface area contributed by atoms with Gasteiger partial charge in [-0.1, -0.05) is 11.2 Å². The second-order valence-corrected chi connectivity index (χ2v) is 6.07. The predicted molar refractivity (Wildman–Crippen MR) is 70.2 cm³/mol. The molecule has 108 valence electrons. The highest BCUT2D eigenvalue weighted by Crippen LogP contribution is 2.15. The minimum Gasteiger partial charge on any atom is -0.392 e. The monoisotopic (exact) mass is 297 g/mol. The molecular formula is C12H15N3O4S. The van der Waals surface area contributed by atoms with Crippen LogP contribution in [0.25, 0.3) is 0 Å². The van der Waals surface area contributed by atoms with Gasteiger partial charge in [0.05, 0.1) is 18.0 Å². The van der Waals surface area contributed by atoms with Gasteiger partial charge in [-0.3, -0.25) is 0 Å². The summed E-state index contributed by atoms with van der Waals surface area (Å²) in [5, 5.41) is 12.7. The summed E-state index contributed by atoms with van der Waals surface area (Å²) in [5.74, 6) is 0.637. The quantitative estimate of drug-likeness (QED) is 0.839. The van der Waals surface area contributed by atoms with Crippen molar-refractivity contribution >= 4 is 10.0 Å². The Labute approximate surface area is 116 Å². The van der Waals surface area contributed by atoms with E-state index in [-0.39, 0.29) is 23.9 Å². The molecule has 0 bridgehead atoms. The van der Waals surface area contributed by atoms with E-state index in [0.717, 1.165) is 5.56 Å². The average molecular weight is 297 g/mol. The lowest BCUT2D eigenvalue weighted by atomic mass is 10.1. The summed E-state index contributed by atoms with van der Waals surface area (Å²) in [6.45, 7) is 3.16. The summed E-state index contributed by atoms with van der Waals surface area (Å²) in [4.78, 5) is 4.00. The maximum Gasteiger partial charge on any atom is 0.241 e. The van der Waals surface area contributed by atoms with Gasteiger partial charge in [0.2, 0.25) is 15.9 Å². The van der Waals surface area contributed by atoms with Crippen molar-refractivity contribution in [1.29, 1.82) is 0 Å². The van der Waals surface area contributed by atoms with Gasteiger partial charge in [-0.25, -0.2) is 13.1 Å². The van der Waals surface area contributed by atoms with Gasteiger partial charge in [-0.15, -0.1) is 0 Å². The van der Waals surface area contributed by atoms with Crippen LogP contribution in [0, 0.1) is 13.8 Å². The number of benzene rings is 1. The van der Waals surface area contributed by atoms with Crippen LogP contribution in [0.5, 0.6) is 0 Å². The van der Waals surface area contributed by atoms with Crippen LogP contribution < -0.4 is 4.72 Å². The van der Waals surface area contributed by atoms with Crippen molar-refractivity contribution in [2.24, 2.45) is 0 Å². The molecule has 0 radical (unpaired) electrons. The molecule has 0 unspecified atom stereocenters. The molecule has 2 rings (SSSR count). The molecule has 1 aromatic heterocycles. The summed E-state index contributed by atoms with van der Waals surface area (Å²) >= 11 is 0. The lowest BCUT2D eigenvalue weighted by molar-refractivity contribution is 0.280. The smallest absolute Gasteiger partial charge is 0.241 e. The van der Waals surface area contributed by atoms with Gasteiger partial charge < -0.3 is 9.63 Å². The Bertz CT molecular complexity index is 709. The van der Waals surface area contributed by atoms with E-state index in [9.17, 15) is 13.5 Å². The van der Waals surface area contributed by atoms with E-state index in [2.05, 4.69) is 14.9 Å². The van der Waals surface area contributed by atoms with E-state index in [1.807, 2.05) is 0 Å². The zero-order valence-corrected chi connectivity index (χ0v) is 11.9. The van der Waals surface area contributed by atoms with Crippen LogP contribution in [-0.2, 0) is 23.2 Å². The Morgan fingerprint density at radius 2 is 2.10 bits per heavy atom. The number of rotatable bonds is 5. The molecule has 0 spiro atoms. The standard InChI is InChI=1S/C12H15N3O4S/c1-8-3-4-11(5-10(8)7-16)20(17,18)13-6-12-14-9(2)15-19-12/h3-5,13,16H,6-7H2,1-2H3. The third-order valence-corrected chi connectivity index (χ3v) is 4.18. The summed E-state index contributed by atoms with van der Waals surface area (Å²) in [5.41, 5.74) is 1.40. The first-order valence-corrected chi connectivity index (χ1v) is 7.40. The molecule has 8 heteroatoms. The maximum atomic E-state index is 12.1. The number of sulfonamides is 1. The van der Waals surface area contributed by atoms with Gasteiger partial charge >= 0.3 is 0 Å². The highest BCUT2D eigenvalue weighted by molar-refractivity contribution is 7.89. The Morgan fingerprint density at radius 3 is 2.70 bits per heavy atom. The summed E-state index contributed by atoms with van der Waals surface area (Å²) in [7, 11) is -3.69. The fraction of sp³-hybridized carbons (Fsp3) is 0.333. The largest absolute Gasteiger partial charge is 0.392 e. The minimum absolute atomic E-state index is 0.0779. The normalized spacial score (nSPS) is 11.8. The van der Waals surface area contributed by atoms with Gasteiger partial charge in [0.1, 0.15) is 0 Å². The second-order valence-electron chi connectivity index (χ2n) is 4.31. The van der Waals surface area contributed by atoms with Crippen LogP contribution in [0.3, 0.4) is 0 Å². The second kappa shape index (κ2) is 5.70. The van der Waals surface area contributed by atoms with Gasteiger partial charge in [0, 0.05) is 0 Å². The lowest BCUT2D eigenvalue weighted by Gasteiger charge is -2.08. The van der Waals surface area contributed by atoms with Crippen molar-refractivity contribution in [2.45, 2.75) is 31.9 Å². The first-order chi connectivity index (χ1) is 9.42. The number of nitrogens with zero attached hydrogens (tertiary/aromatic N) is 2. The van der Waals surface area contributed by atoms with Crippen LogP contribution in [0.2, 0.25) is 0 Å². The summed E-state index contributed by atoms with van der Waals surface area (Å²) in [6, 6.07) is 4.57. The van der Waals surface area contributed by atoms with Gasteiger partial charge in [-0.05, 0) is 37.1 Å². The maximum absolute atomic E-state index is 12.1. The molecule has 2 aromatic rings. The lowest BCUT2D eigenvalue weighted by Crippen LogP contribution is -2.23. The van der Waals surface area contributed by atoms with E-state index in [4.69, 9.17) is 4.52 Å². The molecule has 0 amide bonds. The number of nitrogens with one attached hydrogen (secondary N) is 1. The summed E-state index contributed by atoms with van der Waals surface area (Å²) < 4.78 is 31.4. The van der Waals surface area contributed by atoms with E-state index >= 15 is 0 Å². The van der Waals surface area contributed by atoms with Crippen molar-refractivity contribution in [2.75, 3.05) is 0 Å². The van der Waals surface area contributed by atoms with Crippen molar-refractivity contribution < 1.29 is 18.0 Å². The van der Waals surface area contributed by atoms with Crippen molar-refractivity contribution in [1.82, 2.24) is 14.9 Å². The third-order valence-electron chi connectivity index (χ3n) is 2.78. The van der Waals surface area contributed by atoms with Gasteiger partial charge in [0.15, 0.2) is 5.82 Å². The van der Waals surface area contributed by atoms with E-state index in [1.165, 1.54) is 12.1 Å². The summed E-state index contributed by atoms with van der Waals surface area (Å²) in [6.07, 6.45) is 0. The first-order valence-electron chi connectivity index (χ1n) is 5.91. The predicted octanol–water partition coefficient (Wildman–Crippen LogP) is 0.657. The Balaban J connectivity index is 2.17. The number of aryl methyl sites for hydroxylation is 2. The molecular weight excluding hydrogens is 282 g/mol. The number of hydrogen-bond donors (Lipinski definition) is 2. The molecule has 0 saturated heterocycles. The van der Waals surface area contributed by atoms with Crippen molar-refractivity contribution in [3.05, 3.63) is 41.0 Å². The molecule has 0 aliphatic heterocycles. The fourth-order valence-corrected chi connectivity index (χ4v) is 2.66. The minimum atomic E-state index is -3.69. The topological polar surface area (TPSA) is 105 Å². The molecule has 20 heavy (non-hydrogen) atoms. The molecule has 0 fully saturated rings. The molecule has 0 saturated carbocycles. The van der Waals surface area contributed by atoms with E-state index in [1.54, 1.807) is 19.9 Å². The van der Waals surface area contributed by atoms with Gasteiger partial charge in [-0.2, -0.15) is 4.98 Å². The van der Waals surface area contributed by atoms with Crippen molar-refractivity contribution in [3.63, 3.8) is 0 Å². The SMILES string of the molecule is Cc1noc(CNS(=O)(=O)c2ccc(C)c(CO)c2)n1. The van der Waals surface area contributed by atoms with Crippen LogP contribution >= 0.6 is 0 Å². The van der Waals surface area contributed by atoms with Crippen LogP contribution in [0.1, 0.15) is 22.8 Å². The first kappa shape index (κ1) is 14.6. The highest BCUT2D eigenvalue weighted by Gasteiger charge is 2.16. The molecule has 7 nitrogen and oxygen atoms in total. The molecule has 1 heterocycles. The molecule has 1 aromatic carbocycles. The Hall–Kier alpha value is -1.77. The fourth-order valence-electron chi connectivity index (χ4n) is 1.64. The molecule has 2 N–H and O–H groups in total. The zero-order chi connectivity index (χ0) is 14.8. The molecule has 0 atom stereocenters. The average Bonchev–Trinajstić information content (AvgIpc) is 2.83. The van der Waals surface area contributed by atoms with Crippen LogP contribution in [-0.4, -0.2) is 23.7 Å². The molecule has 0 aliphatic rings. The number of aliphatic hydroxyl groups excluding tert-OH is 1. The number of hydrogen-bond acceptors (Lipinski definition) is 6. The zero-order valence-electron chi connectivity index (χ0n) is 11.1. The van der Waals surface area contributed by atoms with Crippen LogP contribution in [0.15, 0.2) is 27.6 Å². The van der Waals surface area contributed by atoms with Crippen molar-refractivity contribution in [3.8, 4) is 0 Å². The third kappa shape index (κ3) is 3.21. The highest BCUT2D eigenvalue weighted by atomic mass is 32.2. The number of aromatic nitrogens is 2.